The molecule has 0 amide bonds. The SMILES string of the molecule is CCc1cccc(C2CN3CCc4cc(OC)c(OC)cc4C3CC2N)c1. The van der Waals surface area contributed by atoms with E-state index in [-0.39, 0.29) is 6.04 Å². The van der Waals surface area contributed by atoms with Crippen LogP contribution in [0.1, 0.15) is 47.6 Å². The average Bonchev–Trinajstić information content (AvgIpc) is 2.72. The molecule has 0 spiro atoms. The molecule has 2 aromatic rings. The zero-order valence-corrected chi connectivity index (χ0v) is 16.6. The predicted octanol–water partition coefficient (Wildman–Crippen LogP) is 3.68. The van der Waals surface area contributed by atoms with Crippen molar-refractivity contribution >= 4 is 0 Å². The second kappa shape index (κ2) is 7.53. The van der Waals surface area contributed by atoms with Crippen LogP contribution in [-0.2, 0) is 12.8 Å². The third-order valence-corrected chi connectivity index (χ3v) is 6.34. The first-order valence-corrected chi connectivity index (χ1v) is 9.97. The van der Waals surface area contributed by atoms with Gasteiger partial charge in [-0.05, 0) is 53.6 Å². The summed E-state index contributed by atoms with van der Waals surface area (Å²) in [6.45, 7) is 4.30. The van der Waals surface area contributed by atoms with Gasteiger partial charge in [-0.15, -0.1) is 0 Å². The molecule has 0 saturated carbocycles. The fraction of sp³-hybridized carbons (Fsp3) is 0.478. The number of ether oxygens (including phenoxy) is 2. The normalized spacial score (nSPS) is 24.8. The number of fused-ring (bicyclic) bond motifs is 3. The Morgan fingerprint density at radius 3 is 2.63 bits per heavy atom. The second-order valence-corrected chi connectivity index (χ2v) is 7.77. The molecule has 2 aliphatic heterocycles. The molecular formula is C23H30N2O2. The van der Waals surface area contributed by atoms with Gasteiger partial charge in [-0.2, -0.15) is 0 Å². The van der Waals surface area contributed by atoms with Crippen molar-refractivity contribution in [2.75, 3.05) is 27.3 Å². The minimum atomic E-state index is 0.164. The van der Waals surface area contributed by atoms with Crippen molar-refractivity contribution in [3.63, 3.8) is 0 Å². The van der Waals surface area contributed by atoms with E-state index in [9.17, 15) is 0 Å². The van der Waals surface area contributed by atoms with Crippen LogP contribution in [0.15, 0.2) is 36.4 Å². The first-order chi connectivity index (χ1) is 13.1. The number of piperidine rings is 1. The highest BCUT2D eigenvalue weighted by atomic mass is 16.5. The number of nitrogens with zero attached hydrogens (tertiary/aromatic N) is 1. The fourth-order valence-electron chi connectivity index (χ4n) is 4.78. The van der Waals surface area contributed by atoms with Gasteiger partial charge >= 0.3 is 0 Å². The molecule has 2 aliphatic rings. The number of hydrogen-bond donors (Lipinski definition) is 1. The largest absolute Gasteiger partial charge is 0.493 e. The number of rotatable bonds is 4. The molecule has 2 aromatic carbocycles. The molecule has 0 aromatic heterocycles. The Morgan fingerprint density at radius 2 is 1.89 bits per heavy atom. The van der Waals surface area contributed by atoms with E-state index < -0.39 is 0 Å². The Labute approximate surface area is 162 Å². The van der Waals surface area contributed by atoms with Crippen molar-refractivity contribution in [1.29, 1.82) is 0 Å². The van der Waals surface area contributed by atoms with E-state index in [1.165, 1.54) is 22.3 Å². The zero-order valence-electron chi connectivity index (χ0n) is 16.6. The smallest absolute Gasteiger partial charge is 0.161 e. The number of benzene rings is 2. The average molecular weight is 367 g/mol. The minimum Gasteiger partial charge on any atom is -0.493 e. The van der Waals surface area contributed by atoms with E-state index in [1.54, 1.807) is 14.2 Å². The van der Waals surface area contributed by atoms with Gasteiger partial charge in [-0.1, -0.05) is 31.2 Å². The highest BCUT2D eigenvalue weighted by Gasteiger charge is 2.38. The van der Waals surface area contributed by atoms with Crippen LogP contribution in [0, 0.1) is 0 Å². The summed E-state index contributed by atoms with van der Waals surface area (Å²) in [6, 6.07) is 13.8. The molecule has 1 saturated heterocycles. The Kier molecular flexibility index (Phi) is 5.11. The van der Waals surface area contributed by atoms with Crippen molar-refractivity contribution in [2.45, 2.75) is 44.2 Å². The molecule has 4 heteroatoms. The Morgan fingerprint density at radius 1 is 1.11 bits per heavy atom. The van der Waals surface area contributed by atoms with E-state index in [0.717, 1.165) is 43.9 Å². The molecular weight excluding hydrogens is 336 g/mol. The molecule has 0 aliphatic carbocycles. The summed E-state index contributed by atoms with van der Waals surface area (Å²) < 4.78 is 11.0. The van der Waals surface area contributed by atoms with E-state index in [2.05, 4.69) is 48.2 Å². The van der Waals surface area contributed by atoms with E-state index in [1.807, 2.05) is 0 Å². The van der Waals surface area contributed by atoms with Crippen molar-refractivity contribution in [3.05, 3.63) is 58.7 Å². The summed E-state index contributed by atoms with van der Waals surface area (Å²) in [5.74, 6) is 2.03. The third kappa shape index (κ3) is 3.32. The van der Waals surface area contributed by atoms with Gasteiger partial charge in [0.2, 0.25) is 0 Å². The van der Waals surface area contributed by atoms with Crippen LogP contribution in [0.2, 0.25) is 0 Å². The second-order valence-electron chi connectivity index (χ2n) is 7.77. The summed E-state index contributed by atoms with van der Waals surface area (Å²) in [7, 11) is 3.40. The molecule has 4 nitrogen and oxygen atoms in total. The predicted molar refractivity (Wildman–Crippen MR) is 109 cm³/mol. The summed E-state index contributed by atoms with van der Waals surface area (Å²) >= 11 is 0. The van der Waals surface area contributed by atoms with Gasteiger partial charge in [-0.25, -0.2) is 0 Å². The summed E-state index contributed by atoms with van der Waals surface area (Å²) in [6.07, 6.45) is 3.09. The van der Waals surface area contributed by atoms with Crippen LogP contribution in [-0.4, -0.2) is 38.3 Å². The van der Waals surface area contributed by atoms with Gasteiger partial charge in [0.05, 0.1) is 14.2 Å². The van der Waals surface area contributed by atoms with Crippen molar-refractivity contribution in [1.82, 2.24) is 4.90 Å². The highest BCUT2D eigenvalue weighted by molar-refractivity contribution is 5.50. The van der Waals surface area contributed by atoms with Gasteiger partial charge in [0.15, 0.2) is 11.5 Å². The maximum atomic E-state index is 6.71. The molecule has 4 rings (SSSR count). The topological polar surface area (TPSA) is 47.7 Å². The van der Waals surface area contributed by atoms with E-state index in [0.29, 0.717) is 12.0 Å². The van der Waals surface area contributed by atoms with Crippen molar-refractivity contribution in [2.24, 2.45) is 5.73 Å². The van der Waals surface area contributed by atoms with Gasteiger partial charge < -0.3 is 15.2 Å². The number of methoxy groups -OCH3 is 2. The molecule has 3 unspecified atom stereocenters. The summed E-state index contributed by atoms with van der Waals surface area (Å²) in [5.41, 5.74) is 12.2. The van der Waals surface area contributed by atoms with E-state index >= 15 is 0 Å². The number of nitrogens with two attached hydrogens (primary N) is 1. The Hall–Kier alpha value is -2.04. The zero-order chi connectivity index (χ0) is 19.0. The monoisotopic (exact) mass is 366 g/mol. The Balaban J connectivity index is 1.63. The van der Waals surface area contributed by atoms with Crippen LogP contribution in [0.3, 0.4) is 0 Å². The summed E-state index contributed by atoms with van der Waals surface area (Å²) in [4.78, 5) is 2.61. The quantitative estimate of drug-likeness (QED) is 0.897. The minimum absolute atomic E-state index is 0.164. The van der Waals surface area contributed by atoms with Crippen LogP contribution in [0.25, 0.3) is 0 Å². The lowest BCUT2D eigenvalue weighted by atomic mass is 9.78. The maximum absolute atomic E-state index is 6.71. The fourth-order valence-corrected chi connectivity index (χ4v) is 4.78. The van der Waals surface area contributed by atoms with Crippen LogP contribution < -0.4 is 15.2 Å². The lowest BCUT2D eigenvalue weighted by Crippen LogP contribution is -2.49. The first kappa shape index (κ1) is 18.3. The molecule has 27 heavy (non-hydrogen) atoms. The lowest BCUT2D eigenvalue weighted by molar-refractivity contribution is 0.109. The third-order valence-electron chi connectivity index (χ3n) is 6.34. The molecule has 1 fully saturated rings. The molecule has 2 N–H and O–H groups in total. The standard InChI is InChI=1S/C23H30N2O2/c1-4-15-6-5-7-16(10-15)19-14-25-9-8-17-11-22(26-2)23(27-3)12-18(17)21(25)13-20(19)24/h5-7,10-12,19-21H,4,8-9,13-14,24H2,1-3H3. The van der Waals surface area contributed by atoms with Gasteiger partial charge in [-0.3, -0.25) is 4.90 Å². The molecule has 0 bridgehead atoms. The molecule has 2 heterocycles. The maximum Gasteiger partial charge on any atom is 0.161 e. The van der Waals surface area contributed by atoms with Gasteiger partial charge in [0.25, 0.3) is 0 Å². The Bertz CT molecular complexity index is 820. The molecule has 144 valence electrons. The highest BCUT2D eigenvalue weighted by Crippen LogP contribution is 2.44. The van der Waals surface area contributed by atoms with Crippen molar-refractivity contribution in [3.8, 4) is 11.5 Å². The van der Waals surface area contributed by atoms with Crippen LogP contribution in [0.4, 0.5) is 0 Å². The van der Waals surface area contributed by atoms with Crippen molar-refractivity contribution < 1.29 is 9.47 Å². The van der Waals surface area contributed by atoms with E-state index in [4.69, 9.17) is 15.2 Å². The lowest BCUT2D eigenvalue weighted by Gasteiger charge is -2.46. The first-order valence-electron chi connectivity index (χ1n) is 9.97. The number of hydrogen-bond acceptors (Lipinski definition) is 4. The van der Waals surface area contributed by atoms with Crippen LogP contribution >= 0.6 is 0 Å². The number of aryl methyl sites for hydroxylation is 1. The molecule has 0 radical (unpaired) electrons. The molecule has 3 atom stereocenters. The van der Waals surface area contributed by atoms with Gasteiger partial charge in [0.1, 0.15) is 0 Å². The summed E-state index contributed by atoms with van der Waals surface area (Å²) in [5, 5.41) is 0. The van der Waals surface area contributed by atoms with Gasteiger partial charge in [0, 0.05) is 31.1 Å². The van der Waals surface area contributed by atoms with Crippen LogP contribution in [0.5, 0.6) is 11.5 Å².